The first-order valence-corrected chi connectivity index (χ1v) is 10.6. The number of anilines is 1. The standard InChI is InChI=1S/C26H31NO2/c1-2-3-18-28-24-15-9-13-23(20-24)21-27-25-16-7-8-17-26(25)29-19-10-14-22-11-5-4-6-12-22/h4-9,11-13,15-17,20,27H,2-3,10,14,18-19,21H2,1H3. The normalized spacial score (nSPS) is 10.5. The summed E-state index contributed by atoms with van der Waals surface area (Å²) in [6, 6.07) is 27.0. The maximum Gasteiger partial charge on any atom is 0.142 e. The van der Waals surface area contributed by atoms with Crippen LogP contribution in [-0.2, 0) is 13.0 Å². The molecule has 0 amide bonds. The summed E-state index contributed by atoms with van der Waals surface area (Å²) < 4.78 is 11.9. The summed E-state index contributed by atoms with van der Waals surface area (Å²) >= 11 is 0. The average Bonchev–Trinajstić information content (AvgIpc) is 2.77. The van der Waals surface area contributed by atoms with Gasteiger partial charge in [0.2, 0.25) is 0 Å². The molecule has 0 aliphatic heterocycles. The van der Waals surface area contributed by atoms with Crippen molar-refractivity contribution >= 4 is 5.69 Å². The minimum Gasteiger partial charge on any atom is -0.494 e. The van der Waals surface area contributed by atoms with Crippen molar-refractivity contribution in [3.8, 4) is 11.5 Å². The van der Waals surface area contributed by atoms with Crippen LogP contribution in [0, 0.1) is 0 Å². The first-order valence-electron chi connectivity index (χ1n) is 10.6. The van der Waals surface area contributed by atoms with E-state index in [9.17, 15) is 0 Å². The van der Waals surface area contributed by atoms with E-state index in [0.717, 1.165) is 56.0 Å². The van der Waals surface area contributed by atoms with Gasteiger partial charge in [-0.25, -0.2) is 0 Å². The van der Waals surface area contributed by atoms with Gasteiger partial charge in [-0.05, 0) is 54.7 Å². The minimum atomic E-state index is 0.703. The highest BCUT2D eigenvalue weighted by Gasteiger charge is 2.04. The van der Waals surface area contributed by atoms with Crippen LogP contribution in [0.25, 0.3) is 0 Å². The van der Waals surface area contributed by atoms with Crippen molar-refractivity contribution in [1.82, 2.24) is 0 Å². The van der Waals surface area contributed by atoms with Gasteiger partial charge in [-0.1, -0.05) is 67.9 Å². The molecule has 0 heterocycles. The Bertz CT molecular complexity index is 848. The molecular formula is C26H31NO2. The first-order chi connectivity index (χ1) is 14.3. The molecule has 3 heteroatoms. The van der Waals surface area contributed by atoms with Gasteiger partial charge in [0.1, 0.15) is 11.5 Å². The van der Waals surface area contributed by atoms with Gasteiger partial charge >= 0.3 is 0 Å². The number of hydrogen-bond donors (Lipinski definition) is 1. The Morgan fingerprint density at radius 1 is 0.724 bits per heavy atom. The van der Waals surface area contributed by atoms with E-state index >= 15 is 0 Å². The predicted molar refractivity (Wildman–Crippen MR) is 121 cm³/mol. The Morgan fingerprint density at radius 3 is 2.34 bits per heavy atom. The van der Waals surface area contributed by atoms with Crippen LogP contribution in [0.5, 0.6) is 11.5 Å². The number of para-hydroxylation sites is 2. The van der Waals surface area contributed by atoms with Crippen LogP contribution in [0.15, 0.2) is 78.9 Å². The summed E-state index contributed by atoms with van der Waals surface area (Å²) in [5.74, 6) is 1.83. The number of aryl methyl sites for hydroxylation is 1. The van der Waals surface area contributed by atoms with E-state index < -0.39 is 0 Å². The topological polar surface area (TPSA) is 30.5 Å². The SMILES string of the molecule is CCCCOc1cccc(CNc2ccccc2OCCCc2ccccc2)c1. The maximum absolute atomic E-state index is 6.05. The lowest BCUT2D eigenvalue weighted by Crippen LogP contribution is -2.05. The van der Waals surface area contributed by atoms with E-state index in [0.29, 0.717) is 6.61 Å². The molecule has 0 saturated heterocycles. The second kappa shape index (κ2) is 11.8. The largest absolute Gasteiger partial charge is 0.494 e. The van der Waals surface area contributed by atoms with Gasteiger partial charge in [-0.2, -0.15) is 0 Å². The number of nitrogens with one attached hydrogen (secondary N) is 1. The van der Waals surface area contributed by atoms with Crippen LogP contribution in [0.4, 0.5) is 5.69 Å². The summed E-state index contributed by atoms with van der Waals surface area (Å²) in [5, 5.41) is 3.50. The maximum atomic E-state index is 6.05. The Morgan fingerprint density at radius 2 is 1.48 bits per heavy atom. The fourth-order valence-electron chi connectivity index (χ4n) is 3.12. The molecule has 3 rings (SSSR count). The third kappa shape index (κ3) is 7.19. The van der Waals surface area contributed by atoms with Gasteiger partial charge in [-0.3, -0.25) is 0 Å². The monoisotopic (exact) mass is 389 g/mol. The van der Waals surface area contributed by atoms with E-state index in [1.807, 2.05) is 30.3 Å². The number of rotatable bonds is 12. The highest BCUT2D eigenvalue weighted by atomic mass is 16.5. The molecule has 3 aromatic carbocycles. The molecule has 0 aromatic heterocycles. The van der Waals surface area contributed by atoms with E-state index in [4.69, 9.17) is 9.47 Å². The van der Waals surface area contributed by atoms with E-state index in [-0.39, 0.29) is 0 Å². The summed E-state index contributed by atoms with van der Waals surface area (Å²) in [7, 11) is 0. The molecule has 0 saturated carbocycles. The fraction of sp³-hybridized carbons (Fsp3) is 0.308. The minimum absolute atomic E-state index is 0.703. The zero-order chi connectivity index (χ0) is 20.2. The van der Waals surface area contributed by atoms with Crippen molar-refractivity contribution in [2.75, 3.05) is 18.5 Å². The van der Waals surface area contributed by atoms with E-state index in [2.05, 4.69) is 60.8 Å². The summed E-state index contributed by atoms with van der Waals surface area (Å²) in [6.45, 7) is 4.38. The van der Waals surface area contributed by atoms with Crippen molar-refractivity contribution in [2.45, 2.75) is 39.2 Å². The van der Waals surface area contributed by atoms with Crippen molar-refractivity contribution in [3.05, 3.63) is 90.0 Å². The van der Waals surface area contributed by atoms with Crippen molar-refractivity contribution in [2.24, 2.45) is 0 Å². The van der Waals surface area contributed by atoms with Crippen LogP contribution in [0.2, 0.25) is 0 Å². The molecule has 0 atom stereocenters. The quantitative estimate of drug-likeness (QED) is 0.359. The Kier molecular flexibility index (Phi) is 8.46. The Balaban J connectivity index is 1.49. The summed E-state index contributed by atoms with van der Waals surface area (Å²) in [6.07, 6.45) is 4.25. The molecule has 0 radical (unpaired) electrons. The number of ether oxygens (including phenoxy) is 2. The van der Waals surface area contributed by atoms with E-state index in [1.165, 1.54) is 11.1 Å². The zero-order valence-electron chi connectivity index (χ0n) is 17.3. The molecule has 3 aromatic rings. The smallest absolute Gasteiger partial charge is 0.142 e. The molecular weight excluding hydrogens is 358 g/mol. The van der Waals surface area contributed by atoms with Gasteiger partial charge in [0, 0.05) is 6.54 Å². The van der Waals surface area contributed by atoms with Crippen LogP contribution in [0.3, 0.4) is 0 Å². The predicted octanol–water partition coefficient (Wildman–Crippen LogP) is 6.49. The molecule has 29 heavy (non-hydrogen) atoms. The van der Waals surface area contributed by atoms with Crippen molar-refractivity contribution in [3.63, 3.8) is 0 Å². The van der Waals surface area contributed by atoms with Crippen molar-refractivity contribution in [1.29, 1.82) is 0 Å². The molecule has 0 aliphatic rings. The third-order valence-corrected chi connectivity index (χ3v) is 4.75. The highest BCUT2D eigenvalue weighted by Crippen LogP contribution is 2.25. The average molecular weight is 390 g/mol. The zero-order valence-corrected chi connectivity index (χ0v) is 17.3. The van der Waals surface area contributed by atoms with Gasteiger partial charge in [0.15, 0.2) is 0 Å². The van der Waals surface area contributed by atoms with Crippen LogP contribution in [-0.4, -0.2) is 13.2 Å². The van der Waals surface area contributed by atoms with Crippen molar-refractivity contribution < 1.29 is 9.47 Å². The first kappa shape index (κ1) is 20.8. The lowest BCUT2D eigenvalue weighted by atomic mass is 10.1. The van der Waals surface area contributed by atoms with Gasteiger partial charge in [-0.15, -0.1) is 0 Å². The second-order valence-electron chi connectivity index (χ2n) is 7.14. The second-order valence-corrected chi connectivity index (χ2v) is 7.14. The molecule has 152 valence electrons. The molecule has 1 N–H and O–H groups in total. The number of benzene rings is 3. The van der Waals surface area contributed by atoms with Crippen LogP contribution >= 0.6 is 0 Å². The van der Waals surface area contributed by atoms with Gasteiger partial charge in [0.25, 0.3) is 0 Å². The lowest BCUT2D eigenvalue weighted by molar-refractivity contribution is 0.309. The third-order valence-electron chi connectivity index (χ3n) is 4.75. The highest BCUT2D eigenvalue weighted by molar-refractivity contribution is 5.56. The Hall–Kier alpha value is -2.94. The molecule has 0 fully saturated rings. The lowest BCUT2D eigenvalue weighted by Gasteiger charge is -2.14. The van der Waals surface area contributed by atoms with Crippen LogP contribution in [0.1, 0.15) is 37.3 Å². The Labute approximate surface area is 174 Å². The molecule has 0 aliphatic carbocycles. The number of unbranched alkanes of at least 4 members (excludes halogenated alkanes) is 1. The fourth-order valence-corrected chi connectivity index (χ4v) is 3.12. The summed E-state index contributed by atoms with van der Waals surface area (Å²) in [5.41, 5.74) is 3.56. The van der Waals surface area contributed by atoms with E-state index in [1.54, 1.807) is 0 Å². The van der Waals surface area contributed by atoms with Crippen LogP contribution < -0.4 is 14.8 Å². The van der Waals surface area contributed by atoms with Gasteiger partial charge in [0.05, 0.1) is 18.9 Å². The molecule has 0 bridgehead atoms. The molecule has 0 unspecified atom stereocenters. The van der Waals surface area contributed by atoms with Gasteiger partial charge < -0.3 is 14.8 Å². The number of hydrogen-bond acceptors (Lipinski definition) is 3. The molecule has 0 spiro atoms. The summed E-state index contributed by atoms with van der Waals surface area (Å²) in [4.78, 5) is 0. The molecule has 3 nitrogen and oxygen atoms in total.